The molecule has 21 heavy (non-hydrogen) atoms. The summed E-state index contributed by atoms with van der Waals surface area (Å²) in [5.74, 6) is 0. The molecular formula is C18H37N3. The van der Waals surface area contributed by atoms with Crippen molar-refractivity contribution in [3.05, 3.63) is 0 Å². The Morgan fingerprint density at radius 3 is 2.24 bits per heavy atom. The monoisotopic (exact) mass is 295 g/mol. The molecule has 2 heterocycles. The highest BCUT2D eigenvalue weighted by Gasteiger charge is 2.27. The first-order valence-electron chi connectivity index (χ1n) is 9.25. The molecule has 0 amide bonds. The van der Waals surface area contributed by atoms with Gasteiger partial charge in [-0.2, -0.15) is 0 Å². The summed E-state index contributed by atoms with van der Waals surface area (Å²) in [6.07, 6.45) is 8.24. The van der Waals surface area contributed by atoms with E-state index in [9.17, 15) is 0 Å². The molecule has 0 spiro atoms. The lowest BCUT2D eigenvalue weighted by molar-refractivity contribution is 0.0739. The largest absolute Gasteiger partial charge is 0.310 e. The van der Waals surface area contributed by atoms with Crippen LogP contribution in [-0.2, 0) is 0 Å². The Morgan fingerprint density at radius 2 is 1.67 bits per heavy atom. The molecule has 3 nitrogen and oxygen atoms in total. The quantitative estimate of drug-likeness (QED) is 0.812. The second-order valence-corrected chi connectivity index (χ2v) is 7.83. The fourth-order valence-electron chi connectivity index (χ4n) is 3.65. The predicted octanol–water partition coefficient (Wildman–Crippen LogP) is 3.10. The first-order chi connectivity index (χ1) is 10.0. The molecule has 0 aromatic carbocycles. The van der Waals surface area contributed by atoms with Gasteiger partial charge in [0.1, 0.15) is 0 Å². The van der Waals surface area contributed by atoms with Gasteiger partial charge in [0.05, 0.1) is 0 Å². The van der Waals surface area contributed by atoms with Crippen LogP contribution < -0.4 is 5.32 Å². The van der Waals surface area contributed by atoms with Gasteiger partial charge in [-0.05, 0) is 79.1 Å². The van der Waals surface area contributed by atoms with Gasteiger partial charge in [0, 0.05) is 24.2 Å². The van der Waals surface area contributed by atoms with Crippen molar-refractivity contribution in [1.29, 1.82) is 0 Å². The Hall–Kier alpha value is -0.120. The third-order valence-electron chi connectivity index (χ3n) is 5.79. The maximum atomic E-state index is 3.73. The maximum absolute atomic E-state index is 3.73. The summed E-state index contributed by atoms with van der Waals surface area (Å²) in [6, 6.07) is 1.53. The summed E-state index contributed by atoms with van der Waals surface area (Å²) in [4.78, 5) is 5.46. The van der Waals surface area contributed by atoms with E-state index in [4.69, 9.17) is 0 Å². The third-order valence-corrected chi connectivity index (χ3v) is 5.79. The average Bonchev–Trinajstić information content (AvgIpc) is 2.54. The minimum atomic E-state index is 0.278. The standard InChI is InChI=1S/C18H37N3/c1-5-18(3,4)19-15-16(2)20-13-9-17(10-14-20)21-11-7-6-8-12-21/h16-17,19H,5-15H2,1-4H3. The molecule has 2 fully saturated rings. The normalized spacial score (nSPS) is 25.1. The summed E-state index contributed by atoms with van der Waals surface area (Å²) in [5.41, 5.74) is 0.278. The van der Waals surface area contributed by atoms with E-state index in [2.05, 4.69) is 42.8 Å². The van der Waals surface area contributed by atoms with E-state index in [1.807, 2.05) is 0 Å². The van der Waals surface area contributed by atoms with Crippen LogP contribution in [-0.4, -0.2) is 60.1 Å². The van der Waals surface area contributed by atoms with Gasteiger partial charge in [0.25, 0.3) is 0 Å². The van der Waals surface area contributed by atoms with Gasteiger partial charge in [-0.1, -0.05) is 13.3 Å². The van der Waals surface area contributed by atoms with Crippen LogP contribution in [0.5, 0.6) is 0 Å². The Labute approximate surface area is 132 Å². The minimum absolute atomic E-state index is 0.278. The molecule has 124 valence electrons. The minimum Gasteiger partial charge on any atom is -0.310 e. The highest BCUT2D eigenvalue weighted by Crippen LogP contribution is 2.22. The average molecular weight is 296 g/mol. The lowest BCUT2D eigenvalue weighted by atomic mass is 9.98. The fourth-order valence-corrected chi connectivity index (χ4v) is 3.65. The molecule has 2 aliphatic heterocycles. The van der Waals surface area contributed by atoms with E-state index in [0.29, 0.717) is 6.04 Å². The van der Waals surface area contributed by atoms with Crippen molar-refractivity contribution in [2.75, 3.05) is 32.7 Å². The van der Waals surface area contributed by atoms with E-state index >= 15 is 0 Å². The molecule has 1 N–H and O–H groups in total. The maximum Gasteiger partial charge on any atom is 0.0192 e. The van der Waals surface area contributed by atoms with Crippen molar-refractivity contribution in [2.24, 2.45) is 0 Å². The van der Waals surface area contributed by atoms with Crippen molar-refractivity contribution in [3.63, 3.8) is 0 Å². The molecule has 1 unspecified atom stereocenters. The topological polar surface area (TPSA) is 18.5 Å². The van der Waals surface area contributed by atoms with Crippen molar-refractivity contribution in [2.45, 2.75) is 83.8 Å². The van der Waals surface area contributed by atoms with Crippen LogP contribution >= 0.6 is 0 Å². The van der Waals surface area contributed by atoms with Crippen LogP contribution in [0.3, 0.4) is 0 Å². The summed E-state index contributed by atoms with van der Waals surface area (Å²) in [7, 11) is 0. The van der Waals surface area contributed by atoms with Gasteiger partial charge in [0.2, 0.25) is 0 Å². The van der Waals surface area contributed by atoms with Crippen LogP contribution in [0.15, 0.2) is 0 Å². The Bertz CT molecular complexity index is 289. The number of rotatable bonds is 6. The van der Waals surface area contributed by atoms with Crippen LogP contribution in [0, 0.1) is 0 Å². The first-order valence-corrected chi connectivity index (χ1v) is 9.25. The van der Waals surface area contributed by atoms with Gasteiger partial charge in [-0.3, -0.25) is 4.90 Å². The molecule has 0 aliphatic carbocycles. The van der Waals surface area contributed by atoms with Crippen molar-refractivity contribution < 1.29 is 0 Å². The lowest BCUT2D eigenvalue weighted by Crippen LogP contribution is -2.52. The second-order valence-electron chi connectivity index (χ2n) is 7.83. The van der Waals surface area contributed by atoms with Gasteiger partial charge >= 0.3 is 0 Å². The first kappa shape index (κ1) is 17.2. The molecule has 0 aromatic heterocycles. The summed E-state index contributed by atoms with van der Waals surface area (Å²) in [6.45, 7) is 15.7. The van der Waals surface area contributed by atoms with Crippen LogP contribution in [0.25, 0.3) is 0 Å². The molecule has 2 saturated heterocycles. The highest BCUT2D eigenvalue weighted by molar-refractivity contribution is 4.85. The zero-order valence-corrected chi connectivity index (χ0v) is 14.8. The van der Waals surface area contributed by atoms with E-state index in [0.717, 1.165) is 12.6 Å². The van der Waals surface area contributed by atoms with Crippen molar-refractivity contribution >= 4 is 0 Å². The smallest absolute Gasteiger partial charge is 0.0192 e. The zero-order valence-electron chi connectivity index (χ0n) is 14.8. The second kappa shape index (κ2) is 7.94. The Kier molecular flexibility index (Phi) is 6.51. The Morgan fingerprint density at radius 1 is 1.05 bits per heavy atom. The molecule has 0 radical (unpaired) electrons. The third kappa shape index (κ3) is 5.22. The molecule has 2 aliphatic rings. The molecular weight excluding hydrogens is 258 g/mol. The van der Waals surface area contributed by atoms with E-state index in [1.54, 1.807) is 0 Å². The van der Waals surface area contributed by atoms with Crippen LogP contribution in [0.1, 0.15) is 66.2 Å². The van der Waals surface area contributed by atoms with Crippen LogP contribution in [0.2, 0.25) is 0 Å². The summed E-state index contributed by atoms with van der Waals surface area (Å²) in [5, 5.41) is 3.73. The summed E-state index contributed by atoms with van der Waals surface area (Å²) < 4.78 is 0. The molecule has 1 atom stereocenters. The van der Waals surface area contributed by atoms with Gasteiger partial charge in [0.15, 0.2) is 0 Å². The highest BCUT2D eigenvalue weighted by atomic mass is 15.2. The number of nitrogens with one attached hydrogen (secondary N) is 1. The SMILES string of the molecule is CCC(C)(C)NCC(C)N1CCC(N2CCCCC2)CC1. The van der Waals surface area contributed by atoms with E-state index in [-0.39, 0.29) is 5.54 Å². The predicted molar refractivity (Wildman–Crippen MR) is 91.9 cm³/mol. The van der Waals surface area contributed by atoms with Gasteiger partial charge < -0.3 is 10.2 Å². The number of nitrogens with zero attached hydrogens (tertiary/aromatic N) is 2. The van der Waals surface area contributed by atoms with E-state index < -0.39 is 0 Å². The zero-order chi connectivity index (χ0) is 15.3. The van der Waals surface area contributed by atoms with Gasteiger partial charge in [-0.15, -0.1) is 0 Å². The molecule has 0 aromatic rings. The Balaban J connectivity index is 1.70. The van der Waals surface area contributed by atoms with Crippen molar-refractivity contribution in [1.82, 2.24) is 15.1 Å². The number of hydrogen-bond donors (Lipinski definition) is 1. The fraction of sp³-hybridized carbons (Fsp3) is 1.00. The van der Waals surface area contributed by atoms with Crippen molar-refractivity contribution in [3.8, 4) is 0 Å². The molecule has 2 rings (SSSR count). The molecule has 0 bridgehead atoms. The number of hydrogen-bond acceptors (Lipinski definition) is 3. The lowest BCUT2D eigenvalue weighted by Gasteiger charge is -2.42. The number of likely N-dealkylation sites (tertiary alicyclic amines) is 2. The molecule has 0 saturated carbocycles. The van der Waals surface area contributed by atoms with Crippen LogP contribution in [0.4, 0.5) is 0 Å². The number of piperidine rings is 2. The van der Waals surface area contributed by atoms with E-state index in [1.165, 1.54) is 64.7 Å². The molecule has 3 heteroatoms. The summed E-state index contributed by atoms with van der Waals surface area (Å²) >= 11 is 0. The van der Waals surface area contributed by atoms with Gasteiger partial charge in [-0.25, -0.2) is 0 Å².